The number of benzene rings is 1. The van der Waals surface area contributed by atoms with Crippen LogP contribution in [0.1, 0.15) is 61.5 Å². The summed E-state index contributed by atoms with van der Waals surface area (Å²) < 4.78 is 58.1. The average molecular weight is 502 g/mol. The number of amides is 1. The molecule has 0 unspecified atom stereocenters. The number of alkyl halides is 3. The zero-order chi connectivity index (χ0) is 23.9. The Balaban J connectivity index is 1.07. The highest BCUT2D eigenvalue weighted by molar-refractivity contribution is 6.30. The Labute approximate surface area is 198 Å². The smallest absolute Gasteiger partial charge is 0.480 e. The van der Waals surface area contributed by atoms with E-state index >= 15 is 0 Å². The molecule has 3 atom stereocenters. The maximum Gasteiger partial charge on any atom is 0.522 e. The van der Waals surface area contributed by atoms with Crippen LogP contribution in [0.2, 0.25) is 5.02 Å². The molecule has 0 radical (unpaired) electrons. The zero-order valence-electron chi connectivity index (χ0n) is 18.0. The minimum Gasteiger partial charge on any atom is -0.480 e. The van der Waals surface area contributed by atoms with Crippen LogP contribution in [0, 0.1) is 0 Å². The lowest BCUT2D eigenvalue weighted by Crippen LogP contribution is -2.48. The van der Waals surface area contributed by atoms with Gasteiger partial charge < -0.3 is 19.2 Å². The van der Waals surface area contributed by atoms with Crippen molar-refractivity contribution in [1.82, 2.24) is 15.5 Å². The molecule has 1 aromatic carbocycles. The number of hydrogen-bond acceptors (Lipinski definition) is 7. The Morgan fingerprint density at radius 2 is 1.94 bits per heavy atom. The first-order chi connectivity index (χ1) is 16.2. The first-order valence-corrected chi connectivity index (χ1v) is 11.6. The predicted molar refractivity (Wildman–Crippen MR) is 111 cm³/mol. The number of hydrogen-bond donors (Lipinski definition) is 1. The van der Waals surface area contributed by atoms with Gasteiger partial charge in [-0.2, -0.15) is 0 Å². The van der Waals surface area contributed by atoms with Gasteiger partial charge in [-0.25, -0.2) is 0 Å². The Morgan fingerprint density at radius 3 is 2.68 bits per heavy atom. The molecule has 1 saturated carbocycles. The maximum absolute atomic E-state index is 12.7. The fourth-order valence-electron chi connectivity index (χ4n) is 4.49. The second-order valence-corrected chi connectivity index (χ2v) is 9.27. The lowest BCUT2D eigenvalue weighted by Gasteiger charge is -2.33. The third-order valence-electron chi connectivity index (χ3n) is 6.36. The summed E-state index contributed by atoms with van der Waals surface area (Å²) in [5.41, 5.74) is 0.990. The monoisotopic (exact) mass is 501 g/mol. The number of carbonyl (C=O) groups excluding carboxylic acids is 1. The summed E-state index contributed by atoms with van der Waals surface area (Å²) in [4.78, 5) is 12.7. The van der Waals surface area contributed by atoms with Crippen molar-refractivity contribution >= 4 is 17.5 Å². The first-order valence-electron chi connectivity index (χ1n) is 11.2. The highest BCUT2D eigenvalue weighted by Crippen LogP contribution is 2.41. The van der Waals surface area contributed by atoms with Crippen molar-refractivity contribution in [3.8, 4) is 5.75 Å². The molecule has 8 nitrogen and oxygen atoms in total. The SMILES string of the molecule is O=C(N[C@H]1CC[C@H](c2nnc([C@H]3C[C@@H](OC(F)(F)F)C3)o2)OC1)[C@@H]1CCc2cc(Cl)ccc2O1. The number of carbonyl (C=O) groups is 1. The normalized spacial score (nSPS) is 29.0. The van der Waals surface area contributed by atoms with E-state index in [1.807, 2.05) is 6.07 Å². The maximum atomic E-state index is 12.7. The lowest BCUT2D eigenvalue weighted by molar-refractivity contribution is -0.352. The molecule has 1 N–H and O–H groups in total. The summed E-state index contributed by atoms with van der Waals surface area (Å²) >= 11 is 6.01. The quantitative estimate of drug-likeness (QED) is 0.654. The summed E-state index contributed by atoms with van der Waals surface area (Å²) in [6, 6.07) is 5.19. The van der Waals surface area contributed by atoms with Crippen LogP contribution in [0.5, 0.6) is 5.75 Å². The third-order valence-corrected chi connectivity index (χ3v) is 6.59. The molecule has 3 heterocycles. The molecule has 1 amide bonds. The molecule has 12 heteroatoms. The van der Waals surface area contributed by atoms with Crippen LogP contribution in [0.15, 0.2) is 22.6 Å². The van der Waals surface area contributed by atoms with Gasteiger partial charge in [0, 0.05) is 10.9 Å². The Morgan fingerprint density at radius 1 is 1.15 bits per heavy atom. The van der Waals surface area contributed by atoms with Crippen LogP contribution in [0.4, 0.5) is 13.2 Å². The molecular weight excluding hydrogens is 479 g/mol. The van der Waals surface area contributed by atoms with Gasteiger partial charge in [0.15, 0.2) is 6.10 Å². The summed E-state index contributed by atoms with van der Waals surface area (Å²) in [5, 5.41) is 11.6. The molecule has 2 fully saturated rings. The topological polar surface area (TPSA) is 95.7 Å². The van der Waals surface area contributed by atoms with Gasteiger partial charge in [-0.3, -0.25) is 9.53 Å². The van der Waals surface area contributed by atoms with E-state index in [0.29, 0.717) is 48.2 Å². The Hall–Kier alpha value is -2.37. The highest BCUT2D eigenvalue weighted by Gasteiger charge is 2.43. The molecule has 184 valence electrons. The van der Waals surface area contributed by atoms with Gasteiger partial charge in [-0.15, -0.1) is 23.4 Å². The van der Waals surface area contributed by atoms with Crippen LogP contribution >= 0.6 is 11.6 Å². The average Bonchev–Trinajstić information content (AvgIpc) is 3.25. The summed E-state index contributed by atoms with van der Waals surface area (Å²) in [5.74, 6) is 0.831. The second-order valence-electron chi connectivity index (χ2n) is 8.83. The molecule has 34 heavy (non-hydrogen) atoms. The lowest BCUT2D eigenvalue weighted by atomic mass is 9.82. The van der Waals surface area contributed by atoms with Crippen LogP contribution < -0.4 is 10.1 Å². The molecule has 2 aromatic rings. The van der Waals surface area contributed by atoms with E-state index < -0.39 is 24.7 Å². The van der Waals surface area contributed by atoms with Crippen molar-refractivity contribution in [3.63, 3.8) is 0 Å². The number of rotatable bonds is 5. The minimum absolute atomic E-state index is 0.173. The van der Waals surface area contributed by atoms with E-state index in [2.05, 4.69) is 20.3 Å². The van der Waals surface area contributed by atoms with E-state index in [1.54, 1.807) is 12.1 Å². The fraction of sp³-hybridized carbons (Fsp3) is 0.591. The Kier molecular flexibility index (Phi) is 6.43. The number of nitrogens with zero attached hydrogens (tertiary/aromatic N) is 2. The van der Waals surface area contributed by atoms with Crippen molar-refractivity contribution in [1.29, 1.82) is 0 Å². The van der Waals surface area contributed by atoms with E-state index in [1.165, 1.54) is 0 Å². The second kappa shape index (κ2) is 9.35. The molecule has 0 bridgehead atoms. The summed E-state index contributed by atoms with van der Waals surface area (Å²) in [6.07, 6.45) is -3.66. The van der Waals surface area contributed by atoms with E-state index in [-0.39, 0.29) is 37.3 Å². The molecule has 1 aromatic heterocycles. The van der Waals surface area contributed by atoms with E-state index in [0.717, 1.165) is 5.56 Å². The largest absolute Gasteiger partial charge is 0.522 e. The van der Waals surface area contributed by atoms with Crippen molar-refractivity contribution in [2.24, 2.45) is 0 Å². The highest BCUT2D eigenvalue weighted by atomic mass is 35.5. The van der Waals surface area contributed by atoms with Gasteiger partial charge in [0.2, 0.25) is 11.8 Å². The van der Waals surface area contributed by atoms with Gasteiger partial charge in [0.1, 0.15) is 11.9 Å². The molecule has 2 aliphatic heterocycles. The van der Waals surface area contributed by atoms with Crippen LogP contribution in [-0.4, -0.2) is 47.3 Å². The van der Waals surface area contributed by atoms with Crippen LogP contribution in [0.25, 0.3) is 0 Å². The van der Waals surface area contributed by atoms with Gasteiger partial charge in [-0.05, 0) is 62.3 Å². The van der Waals surface area contributed by atoms with E-state index in [4.69, 9.17) is 25.5 Å². The molecular formula is C22H23ClF3N3O5. The predicted octanol–water partition coefficient (Wildman–Crippen LogP) is 4.24. The molecule has 3 aliphatic rings. The number of nitrogens with one attached hydrogen (secondary N) is 1. The van der Waals surface area contributed by atoms with Gasteiger partial charge in [0.25, 0.3) is 5.91 Å². The number of aryl methyl sites for hydroxylation is 1. The van der Waals surface area contributed by atoms with E-state index in [9.17, 15) is 18.0 Å². The van der Waals surface area contributed by atoms with Gasteiger partial charge in [-0.1, -0.05) is 11.6 Å². The number of ether oxygens (including phenoxy) is 3. The van der Waals surface area contributed by atoms with Crippen LogP contribution in [-0.2, 0) is 20.7 Å². The molecule has 1 aliphatic carbocycles. The number of aromatic nitrogens is 2. The molecule has 0 spiro atoms. The number of halogens is 4. The van der Waals surface area contributed by atoms with Gasteiger partial charge in [0.05, 0.1) is 18.8 Å². The summed E-state index contributed by atoms with van der Waals surface area (Å²) in [7, 11) is 0. The third kappa shape index (κ3) is 5.31. The van der Waals surface area contributed by atoms with Crippen molar-refractivity contribution in [3.05, 3.63) is 40.6 Å². The zero-order valence-corrected chi connectivity index (χ0v) is 18.8. The van der Waals surface area contributed by atoms with Crippen molar-refractivity contribution in [2.75, 3.05) is 6.61 Å². The standard InChI is InChI=1S/C22H23ClF3N3O5/c23-13-2-5-16-11(7-13)1-4-17(32-16)19(30)27-14-3-6-18(31-10-14)21-29-28-20(33-21)12-8-15(9-12)34-22(24,25)26/h2,5,7,12,14-15,17-18H,1,3-4,6,8-10H2,(H,27,30)/t12-,14-,15+,17-,18+/m0/s1. The number of fused-ring (bicyclic) bond motifs is 1. The van der Waals surface area contributed by atoms with Gasteiger partial charge >= 0.3 is 6.36 Å². The summed E-state index contributed by atoms with van der Waals surface area (Å²) in [6.45, 7) is 0.276. The van der Waals surface area contributed by atoms with Crippen LogP contribution in [0.3, 0.4) is 0 Å². The Bertz CT molecular complexity index is 1040. The van der Waals surface area contributed by atoms with Crippen molar-refractivity contribution in [2.45, 2.75) is 75.2 Å². The first kappa shape index (κ1) is 23.4. The molecule has 5 rings (SSSR count). The van der Waals surface area contributed by atoms with Crippen molar-refractivity contribution < 1.29 is 36.6 Å². The fourth-order valence-corrected chi connectivity index (χ4v) is 4.68. The minimum atomic E-state index is -4.64. The molecule has 1 saturated heterocycles.